The summed E-state index contributed by atoms with van der Waals surface area (Å²) in [6.07, 6.45) is -1.34. The Bertz CT molecular complexity index is 655. The number of aromatic amines is 1. The highest BCUT2D eigenvalue weighted by Gasteiger charge is 2.44. The van der Waals surface area contributed by atoms with Crippen LogP contribution in [0.3, 0.4) is 0 Å². The number of imidazole rings is 1. The first-order valence-corrected chi connectivity index (χ1v) is 6.01. The van der Waals surface area contributed by atoms with Crippen molar-refractivity contribution < 1.29 is 14.2 Å². The Morgan fingerprint density at radius 3 is 3.05 bits per heavy atom. The number of aliphatic hydroxyl groups is 1. The zero-order valence-corrected chi connectivity index (χ0v) is 10.2. The van der Waals surface area contributed by atoms with Crippen molar-refractivity contribution in [3.63, 3.8) is 0 Å². The molecular formula is C11H13FN4O3. The second kappa shape index (κ2) is 4.39. The van der Waals surface area contributed by atoms with Crippen molar-refractivity contribution in [2.75, 3.05) is 0 Å². The lowest BCUT2D eigenvalue weighted by Gasteiger charge is -2.15. The van der Waals surface area contributed by atoms with E-state index < -0.39 is 24.6 Å². The highest BCUT2D eigenvalue weighted by atomic mass is 19.1. The number of nitrogens with zero attached hydrogens (tertiary/aromatic N) is 3. The number of fused-ring (bicyclic) bond motifs is 1. The van der Waals surface area contributed by atoms with Gasteiger partial charge in [0.2, 0.25) is 0 Å². The minimum absolute atomic E-state index is 0.133. The van der Waals surface area contributed by atoms with Gasteiger partial charge < -0.3 is 14.8 Å². The summed E-state index contributed by atoms with van der Waals surface area (Å²) in [6.45, 7) is 1.78. The summed E-state index contributed by atoms with van der Waals surface area (Å²) in [6, 6.07) is 0. The Morgan fingerprint density at radius 1 is 1.58 bits per heavy atom. The molecule has 0 bridgehead atoms. The van der Waals surface area contributed by atoms with Crippen molar-refractivity contribution in [1.82, 2.24) is 19.5 Å². The van der Waals surface area contributed by atoms with Crippen molar-refractivity contribution in [1.29, 1.82) is 0 Å². The fourth-order valence-electron chi connectivity index (χ4n) is 2.31. The van der Waals surface area contributed by atoms with E-state index in [9.17, 15) is 14.3 Å². The summed E-state index contributed by atoms with van der Waals surface area (Å²) >= 11 is 0. The highest BCUT2D eigenvalue weighted by molar-refractivity contribution is 5.68. The molecule has 0 amide bonds. The number of aliphatic hydroxyl groups excluding tert-OH is 1. The number of aromatic nitrogens is 4. The zero-order valence-electron chi connectivity index (χ0n) is 10.2. The highest BCUT2D eigenvalue weighted by Crippen LogP contribution is 2.33. The molecule has 3 heterocycles. The van der Waals surface area contributed by atoms with E-state index in [1.807, 2.05) is 0 Å². The van der Waals surface area contributed by atoms with Crippen LogP contribution in [-0.4, -0.2) is 43.0 Å². The van der Waals surface area contributed by atoms with Crippen LogP contribution in [0.1, 0.15) is 19.6 Å². The molecule has 1 aliphatic heterocycles. The van der Waals surface area contributed by atoms with E-state index in [0.29, 0.717) is 6.42 Å². The molecule has 1 fully saturated rings. The smallest absolute Gasteiger partial charge is 0.278 e. The van der Waals surface area contributed by atoms with E-state index >= 15 is 0 Å². The minimum atomic E-state index is -1.46. The molecule has 2 aromatic rings. The van der Waals surface area contributed by atoms with Crippen LogP contribution in [-0.2, 0) is 4.74 Å². The van der Waals surface area contributed by atoms with Gasteiger partial charge in [0.1, 0.15) is 6.10 Å². The minimum Gasteiger partial charge on any atom is -0.385 e. The number of hydrogen-bond donors (Lipinski definition) is 2. The SMILES string of the molecule is CC[C@H]1O[C@@H](n2cnc3c(=O)[nH]cnc32)[C@H](O)[C@@H]1F. The summed E-state index contributed by atoms with van der Waals surface area (Å²) in [5.41, 5.74) is 0.00508. The van der Waals surface area contributed by atoms with Gasteiger partial charge in [-0.2, -0.15) is 0 Å². The predicted octanol–water partition coefficient (Wildman–Crippen LogP) is 0.126. The number of H-pyrrole nitrogens is 1. The van der Waals surface area contributed by atoms with Gasteiger partial charge in [0, 0.05) is 0 Å². The fourth-order valence-corrected chi connectivity index (χ4v) is 2.31. The summed E-state index contributed by atoms with van der Waals surface area (Å²) < 4.78 is 20.7. The maximum absolute atomic E-state index is 13.8. The quantitative estimate of drug-likeness (QED) is 0.807. The summed E-state index contributed by atoms with van der Waals surface area (Å²) in [5, 5.41) is 9.90. The molecule has 0 aliphatic carbocycles. The topological polar surface area (TPSA) is 93.0 Å². The lowest BCUT2D eigenvalue weighted by molar-refractivity contribution is -0.0355. The Hall–Kier alpha value is -1.80. The molecule has 0 radical (unpaired) electrons. The standard InChI is InChI=1S/C11H13FN4O3/c1-2-5-6(12)8(17)11(19-5)16-4-15-7-9(16)13-3-14-10(7)18/h3-6,8,11,17H,2H2,1H3,(H,13,14,18)/t5-,6-,8-,11-/m1/s1. The van der Waals surface area contributed by atoms with Gasteiger partial charge in [-0.3, -0.25) is 9.36 Å². The summed E-state index contributed by atoms with van der Waals surface area (Å²) in [4.78, 5) is 21.8. The molecule has 2 aromatic heterocycles. The van der Waals surface area contributed by atoms with Crippen molar-refractivity contribution >= 4 is 11.2 Å². The number of hydrogen-bond acceptors (Lipinski definition) is 5. The van der Waals surface area contributed by atoms with Crippen LogP contribution >= 0.6 is 0 Å². The molecular weight excluding hydrogens is 255 g/mol. The lowest BCUT2D eigenvalue weighted by atomic mass is 10.1. The van der Waals surface area contributed by atoms with Crippen LogP contribution in [0.15, 0.2) is 17.4 Å². The number of rotatable bonds is 2. The first kappa shape index (κ1) is 12.2. The number of alkyl halides is 1. The van der Waals surface area contributed by atoms with Crippen LogP contribution in [0.5, 0.6) is 0 Å². The fraction of sp³-hybridized carbons (Fsp3) is 0.545. The van der Waals surface area contributed by atoms with Crippen molar-refractivity contribution in [2.45, 2.75) is 38.0 Å². The Morgan fingerprint density at radius 2 is 2.37 bits per heavy atom. The average Bonchev–Trinajstić information content (AvgIpc) is 2.94. The zero-order chi connectivity index (χ0) is 13.6. The Labute approximate surface area is 107 Å². The molecule has 0 aromatic carbocycles. The molecule has 7 nitrogen and oxygen atoms in total. The van der Waals surface area contributed by atoms with Gasteiger partial charge >= 0.3 is 0 Å². The number of ether oxygens (including phenoxy) is 1. The first-order valence-electron chi connectivity index (χ1n) is 6.01. The normalized spacial score (nSPS) is 31.1. The largest absolute Gasteiger partial charge is 0.385 e. The van der Waals surface area contributed by atoms with E-state index in [4.69, 9.17) is 4.74 Å². The molecule has 1 aliphatic rings. The predicted molar refractivity (Wildman–Crippen MR) is 63.3 cm³/mol. The molecule has 0 unspecified atom stereocenters. The van der Waals surface area contributed by atoms with Crippen molar-refractivity contribution in [2.24, 2.45) is 0 Å². The van der Waals surface area contributed by atoms with Gasteiger partial charge in [0.25, 0.3) is 5.56 Å². The summed E-state index contributed by atoms with van der Waals surface area (Å²) in [7, 11) is 0. The third-order valence-electron chi connectivity index (χ3n) is 3.33. The molecule has 19 heavy (non-hydrogen) atoms. The molecule has 8 heteroatoms. The first-order chi connectivity index (χ1) is 9.13. The van der Waals surface area contributed by atoms with E-state index in [1.165, 1.54) is 17.2 Å². The Balaban J connectivity index is 2.06. The van der Waals surface area contributed by atoms with Crippen molar-refractivity contribution in [3.8, 4) is 0 Å². The molecule has 0 spiro atoms. The van der Waals surface area contributed by atoms with Gasteiger partial charge in [-0.1, -0.05) is 6.92 Å². The molecule has 3 rings (SSSR count). The van der Waals surface area contributed by atoms with Gasteiger partial charge in [-0.05, 0) is 6.42 Å². The molecule has 102 valence electrons. The van der Waals surface area contributed by atoms with Crippen LogP contribution in [0.4, 0.5) is 4.39 Å². The average molecular weight is 268 g/mol. The van der Waals surface area contributed by atoms with E-state index in [2.05, 4.69) is 15.0 Å². The van der Waals surface area contributed by atoms with Gasteiger partial charge in [0.15, 0.2) is 23.6 Å². The van der Waals surface area contributed by atoms with Crippen LogP contribution in [0, 0.1) is 0 Å². The monoisotopic (exact) mass is 268 g/mol. The number of halogens is 1. The third-order valence-corrected chi connectivity index (χ3v) is 3.33. The maximum Gasteiger partial charge on any atom is 0.278 e. The van der Waals surface area contributed by atoms with E-state index in [-0.39, 0.29) is 16.7 Å². The maximum atomic E-state index is 13.8. The van der Waals surface area contributed by atoms with Crippen LogP contribution in [0.25, 0.3) is 11.2 Å². The van der Waals surface area contributed by atoms with Crippen LogP contribution in [0.2, 0.25) is 0 Å². The van der Waals surface area contributed by atoms with Crippen molar-refractivity contribution in [3.05, 3.63) is 23.0 Å². The molecule has 4 atom stereocenters. The summed E-state index contributed by atoms with van der Waals surface area (Å²) in [5.74, 6) is 0. The van der Waals surface area contributed by atoms with Gasteiger partial charge in [-0.15, -0.1) is 0 Å². The van der Waals surface area contributed by atoms with Gasteiger partial charge in [0.05, 0.1) is 18.8 Å². The second-order valence-electron chi connectivity index (χ2n) is 4.46. The van der Waals surface area contributed by atoms with E-state index in [0.717, 1.165) is 0 Å². The number of nitrogens with one attached hydrogen (secondary N) is 1. The Kier molecular flexibility index (Phi) is 2.83. The van der Waals surface area contributed by atoms with Gasteiger partial charge in [-0.25, -0.2) is 14.4 Å². The third kappa shape index (κ3) is 1.75. The van der Waals surface area contributed by atoms with E-state index in [1.54, 1.807) is 6.92 Å². The molecule has 1 saturated heterocycles. The lowest BCUT2D eigenvalue weighted by Crippen LogP contribution is -2.27. The molecule has 0 saturated carbocycles. The molecule has 2 N–H and O–H groups in total. The second-order valence-corrected chi connectivity index (χ2v) is 4.46. The van der Waals surface area contributed by atoms with Crippen LogP contribution < -0.4 is 5.56 Å².